The van der Waals surface area contributed by atoms with Crippen molar-refractivity contribution in [1.82, 2.24) is 0 Å². The summed E-state index contributed by atoms with van der Waals surface area (Å²) in [6, 6.07) is 7.41. The van der Waals surface area contributed by atoms with E-state index in [0.717, 1.165) is 0 Å². The van der Waals surface area contributed by atoms with E-state index < -0.39 is 8.32 Å². The van der Waals surface area contributed by atoms with Crippen molar-refractivity contribution in [1.29, 1.82) is 0 Å². The molecule has 6 nitrogen and oxygen atoms in total. The Morgan fingerprint density at radius 1 is 0.750 bits per heavy atom. The molecule has 2 N–H and O–H groups in total. The van der Waals surface area contributed by atoms with Crippen LogP contribution >= 0.6 is 0 Å². The first-order valence-electron chi connectivity index (χ1n) is 8.33. The normalized spacial score (nSPS) is 11.6. The first-order chi connectivity index (χ1) is 11.5. The second-order valence-electron chi connectivity index (χ2n) is 6.18. The summed E-state index contributed by atoms with van der Waals surface area (Å²) in [7, 11) is -1.42. The molecule has 0 spiro atoms. The number of hydrogen-bond acceptors (Lipinski definition) is 6. The van der Waals surface area contributed by atoms with Crippen molar-refractivity contribution in [2.45, 2.75) is 19.6 Å². The molecule has 0 bridgehead atoms. The molecular formula is C17H31NO5Si. The van der Waals surface area contributed by atoms with Gasteiger partial charge < -0.3 is 29.1 Å². The smallest absolute Gasteiger partial charge is 0.183 e. The molecule has 0 radical (unpaired) electrons. The van der Waals surface area contributed by atoms with Crippen LogP contribution in [0.4, 0.5) is 5.69 Å². The average molecular weight is 358 g/mol. The molecule has 24 heavy (non-hydrogen) atoms. The van der Waals surface area contributed by atoms with E-state index in [1.165, 1.54) is 0 Å². The predicted molar refractivity (Wildman–Crippen MR) is 98.1 cm³/mol. The molecule has 0 fully saturated rings. The Kier molecular flexibility index (Phi) is 10.7. The van der Waals surface area contributed by atoms with Gasteiger partial charge in [-0.1, -0.05) is 12.1 Å². The molecule has 0 heterocycles. The number of nitrogens with two attached hydrogens (primary N) is 1. The number of para-hydroxylation sites is 2. The van der Waals surface area contributed by atoms with E-state index in [4.69, 9.17) is 29.1 Å². The topological polar surface area (TPSA) is 72.2 Å². The minimum atomic E-state index is -1.42. The number of anilines is 1. The van der Waals surface area contributed by atoms with Gasteiger partial charge in [-0.2, -0.15) is 0 Å². The van der Waals surface area contributed by atoms with Crippen LogP contribution in [0.25, 0.3) is 0 Å². The Balaban J connectivity index is 1.82. The minimum absolute atomic E-state index is 0.467. The summed E-state index contributed by atoms with van der Waals surface area (Å²) in [5.41, 5.74) is 6.41. The zero-order valence-electron chi connectivity index (χ0n) is 15.1. The highest BCUT2D eigenvalue weighted by atomic mass is 28.4. The quantitative estimate of drug-likeness (QED) is 0.313. The van der Waals surface area contributed by atoms with E-state index >= 15 is 0 Å². The average Bonchev–Trinajstić information content (AvgIpc) is 2.52. The Hall–Kier alpha value is -1.12. The Labute approximate surface area is 146 Å². The van der Waals surface area contributed by atoms with Gasteiger partial charge in [0.15, 0.2) is 8.32 Å². The molecule has 0 aromatic heterocycles. The van der Waals surface area contributed by atoms with E-state index in [-0.39, 0.29) is 0 Å². The number of nitrogen functional groups attached to an aromatic ring is 1. The van der Waals surface area contributed by atoms with Crippen molar-refractivity contribution in [2.24, 2.45) is 0 Å². The van der Waals surface area contributed by atoms with E-state index in [9.17, 15) is 0 Å². The van der Waals surface area contributed by atoms with Crippen LogP contribution in [0.3, 0.4) is 0 Å². The van der Waals surface area contributed by atoms with Gasteiger partial charge in [-0.15, -0.1) is 0 Å². The zero-order valence-corrected chi connectivity index (χ0v) is 16.1. The van der Waals surface area contributed by atoms with Gasteiger partial charge in [-0.25, -0.2) is 0 Å². The lowest BCUT2D eigenvalue weighted by Gasteiger charge is -2.16. The Morgan fingerprint density at radius 2 is 1.25 bits per heavy atom. The Morgan fingerprint density at radius 3 is 1.79 bits per heavy atom. The lowest BCUT2D eigenvalue weighted by atomic mass is 10.3. The molecule has 0 aliphatic rings. The third kappa shape index (κ3) is 11.4. The second kappa shape index (κ2) is 12.3. The molecule has 0 unspecified atom stereocenters. The monoisotopic (exact) mass is 357 g/mol. The molecule has 0 atom stereocenters. The fraction of sp³-hybridized carbons (Fsp3) is 0.647. The Bertz CT molecular complexity index is 439. The fourth-order valence-corrected chi connectivity index (χ4v) is 2.47. The number of hydrogen-bond donors (Lipinski definition) is 1. The van der Waals surface area contributed by atoms with Gasteiger partial charge in [0.1, 0.15) is 12.4 Å². The van der Waals surface area contributed by atoms with Crippen LogP contribution in [0.15, 0.2) is 24.3 Å². The van der Waals surface area contributed by atoms with E-state index in [0.29, 0.717) is 64.3 Å². The van der Waals surface area contributed by atoms with E-state index in [1.54, 1.807) is 0 Å². The van der Waals surface area contributed by atoms with Crippen LogP contribution < -0.4 is 10.5 Å². The van der Waals surface area contributed by atoms with Crippen LogP contribution in [-0.2, 0) is 18.6 Å². The predicted octanol–water partition coefficient (Wildman–Crippen LogP) is 2.55. The van der Waals surface area contributed by atoms with Crippen LogP contribution in [0.5, 0.6) is 5.75 Å². The molecule has 0 aliphatic heterocycles. The van der Waals surface area contributed by atoms with Crippen molar-refractivity contribution in [3.8, 4) is 5.75 Å². The lowest BCUT2D eigenvalue weighted by Crippen LogP contribution is -2.27. The van der Waals surface area contributed by atoms with Gasteiger partial charge in [0.05, 0.1) is 51.9 Å². The van der Waals surface area contributed by atoms with Crippen molar-refractivity contribution in [2.75, 3.05) is 58.6 Å². The van der Waals surface area contributed by atoms with Gasteiger partial charge in [0.25, 0.3) is 0 Å². The highest BCUT2D eigenvalue weighted by molar-refractivity contribution is 6.69. The maximum Gasteiger partial charge on any atom is 0.183 e. The number of rotatable bonds is 14. The standard InChI is InChI=1S/C17H31NO5Si/c1-24(2,3)23-15-13-21-11-9-19-8-10-20-12-14-22-17-7-5-4-6-16(17)18/h4-7H,8-15,18H2,1-3H3. The first kappa shape index (κ1) is 20.9. The van der Waals surface area contributed by atoms with Crippen molar-refractivity contribution in [3.05, 3.63) is 24.3 Å². The van der Waals surface area contributed by atoms with E-state index in [1.807, 2.05) is 24.3 Å². The molecule has 0 saturated carbocycles. The fourth-order valence-electron chi connectivity index (χ4n) is 1.77. The van der Waals surface area contributed by atoms with Gasteiger partial charge >= 0.3 is 0 Å². The summed E-state index contributed by atoms with van der Waals surface area (Å²) in [5.74, 6) is 0.688. The van der Waals surface area contributed by atoms with Crippen molar-refractivity contribution in [3.63, 3.8) is 0 Å². The van der Waals surface area contributed by atoms with Crippen LogP contribution in [0.2, 0.25) is 19.6 Å². The van der Waals surface area contributed by atoms with Gasteiger partial charge in [-0.05, 0) is 31.8 Å². The molecule has 1 aromatic rings. The van der Waals surface area contributed by atoms with Gasteiger partial charge in [-0.3, -0.25) is 0 Å². The number of benzene rings is 1. The first-order valence-corrected chi connectivity index (χ1v) is 11.7. The lowest BCUT2D eigenvalue weighted by molar-refractivity contribution is 0.00464. The maximum atomic E-state index is 5.78. The molecule has 0 amide bonds. The highest BCUT2D eigenvalue weighted by Crippen LogP contribution is 2.19. The number of ether oxygens (including phenoxy) is 4. The largest absolute Gasteiger partial charge is 0.489 e. The van der Waals surface area contributed by atoms with Crippen molar-refractivity contribution >= 4 is 14.0 Å². The van der Waals surface area contributed by atoms with E-state index in [2.05, 4.69) is 19.6 Å². The third-order valence-corrected chi connectivity index (χ3v) is 3.98. The molecule has 0 aliphatic carbocycles. The minimum Gasteiger partial charge on any atom is -0.489 e. The molecule has 1 rings (SSSR count). The summed E-state index contributed by atoms with van der Waals surface area (Å²) in [5, 5.41) is 0. The summed E-state index contributed by atoms with van der Waals surface area (Å²) in [6.45, 7) is 10.9. The third-order valence-electron chi connectivity index (χ3n) is 2.91. The maximum absolute atomic E-state index is 5.78. The van der Waals surface area contributed by atoms with Crippen LogP contribution in [0.1, 0.15) is 0 Å². The summed E-state index contributed by atoms with van der Waals surface area (Å²) in [6.07, 6.45) is 0. The molecule has 7 heteroatoms. The summed E-state index contributed by atoms with van der Waals surface area (Å²) in [4.78, 5) is 0. The molecule has 1 aromatic carbocycles. The zero-order chi connectivity index (χ0) is 17.7. The highest BCUT2D eigenvalue weighted by Gasteiger charge is 2.12. The van der Waals surface area contributed by atoms with Crippen molar-refractivity contribution < 1.29 is 23.4 Å². The molecule has 0 saturated heterocycles. The van der Waals surface area contributed by atoms with Gasteiger partial charge in [0.2, 0.25) is 0 Å². The summed E-state index contributed by atoms with van der Waals surface area (Å²) < 4.78 is 27.5. The molecular weight excluding hydrogens is 326 g/mol. The van der Waals surface area contributed by atoms with Crippen LogP contribution in [-0.4, -0.2) is 61.2 Å². The molecule has 138 valence electrons. The SMILES string of the molecule is C[Si](C)(C)OCCOCCOCCOCCOc1ccccc1N. The van der Waals surface area contributed by atoms with Gasteiger partial charge in [0, 0.05) is 0 Å². The summed E-state index contributed by atoms with van der Waals surface area (Å²) >= 11 is 0. The van der Waals surface area contributed by atoms with Crippen LogP contribution in [0, 0.1) is 0 Å². The second-order valence-corrected chi connectivity index (χ2v) is 10.7.